The molecule has 1 unspecified atom stereocenters. The van der Waals surface area contributed by atoms with E-state index in [1.54, 1.807) is 38.4 Å². The lowest BCUT2D eigenvalue weighted by Crippen LogP contribution is -2.16. The maximum Gasteiger partial charge on any atom is 0.255 e. The van der Waals surface area contributed by atoms with Gasteiger partial charge in [-0.25, -0.2) is 4.98 Å². The number of carbonyl (C=O) groups is 1. The van der Waals surface area contributed by atoms with Gasteiger partial charge in [0.1, 0.15) is 11.9 Å². The summed E-state index contributed by atoms with van der Waals surface area (Å²) in [4.78, 5) is 19.8. The van der Waals surface area contributed by atoms with E-state index in [0.717, 1.165) is 0 Å². The second-order valence-electron chi connectivity index (χ2n) is 3.87. The van der Waals surface area contributed by atoms with E-state index in [4.69, 9.17) is 9.26 Å². The summed E-state index contributed by atoms with van der Waals surface area (Å²) in [5.74, 6) is 0.896. The van der Waals surface area contributed by atoms with Crippen molar-refractivity contribution in [3.8, 4) is 0 Å². The van der Waals surface area contributed by atoms with Crippen LogP contribution in [0, 0.1) is 0 Å². The van der Waals surface area contributed by atoms with Gasteiger partial charge in [-0.15, -0.1) is 0 Å². The quantitative estimate of drug-likeness (QED) is 0.874. The number of nitrogens with zero attached hydrogens (tertiary/aromatic N) is 3. The Bertz CT molecular complexity index is 541. The minimum absolute atomic E-state index is 0.0243. The third-order valence-corrected chi connectivity index (χ3v) is 2.44. The summed E-state index contributed by atoms with van der Waals surface area (Å²) < 4.78 is 10.0. The highest BCUT2D eigenvalue weighted by molar-refractivity contribution is 5.90. The zero-order valence-corrected chi connectivity index (χ0v) is 10.7. The van der Waals surface area contributed by atoms with Crippen LogP contribution in [0.3, 0.4) is 0 Å². The molecule has 1 atom stereocenters. The molecule has 19 heavy (non-hydrogen) atoms. The van der Waals surface area contributed by atoms with Crippen LogP contribution in [0.4, 0.5) is 5.82 Å². The molecule has 2 heterocycles. The normalized spacial score (nSPS) is 12.1. The molecular weight excluding hydrogens is 248 g/mol. The van der Waals surface area contributed by atoms with Gasteiger partial charge in [0.15, 0.2) is 5.82 Å². The lowest BCUT2D eigenvalue weighted by molar-refractivity contribution is -0.115. The van der Waals surface area contributed by atoms with E-state index >= 15 is 0 Å². The molecule has 0 spiro atoms. The topological polar surface area (TPSA) is 90.1 Å². The van der Waals surface area contributed by atoms with Crippen molar-refractivity contribution in [2.24, 2.45) is 0 Å². The fourth-order valence-corrected chi connectivity index (χ4v) is 1.37. The van der Waals surface area contributed by atoms with Gasteiger partial charge in [-0.3, -0.25) is 4.79 Å². The van der Waals surface area contributed by atoms with Crippen LogP contribution < -0.4 is 5.32 Å². The van der Waals surface area contributed by atoms with E-state index in [1.165, 1.54) is 0 Å². The van der Waals surface area contributed by atoms with Gasteiger partial charge in [0, 0.05) is 13.3 Å². The molecule has 0 radical (unpaired) electrons. The fourth-order valence-electron chi connectivity index (χ4n) is 1.37. The molecule has 0 aromatic carbocycles. The van der Waals surface area contributed by atoms with Crippen molar-refractivity contribution in [1.82, 2.24) is 15.1 Å². The second kappa shape index (κ2) is 6.05. The van der Waals surface area contributed by atoms with Crippen molar-refractivity contribution in [3.63, 3.8) is 0 Å². The van der Waals surface area contributed by atoms with Crippen LogP contribution in [0.15, 0.2) is 28.9 Å². The first-order chi connectivity index (χ1) is 9.19. The van der Waals surface area contributed by atoms with Crippen molar-refractivity contribution in [2.75, 3.05) is 12.4 Å². The van der Waals surface area contributed by atoms with Crippen LogP contribution in [-0.4, -0.2) is 28.1 Å². The van der Waals surface area contributed by atoms with Gasteiger partial charge in [0.25, 0.3) is 5.89 Å². The van der Waals surface area contributed by atoms with Gasteiger partial charge < -0.3 is 14.6 Å². The summed E-state index contributed by atoms with van der Waals surface area (Å²) in [6.45, 7) is 1.78. The Morgan fingerprint density at radius 1 is 1.53 bits per heavy atom. The van der Waals surface area contributed by atoms with Gasteiger partial charge >= 0.3 is 0 Å². The van der Waals surface area contributed by atoms with E-state index < -0.39 is 0 Å². The van der Waals surface area contributed by atoms with Gasteiger partial charge in [0.2, 0.25) is 5.91 Å². The number of carbonyl (C=O) groups excluding carboxylic acids is 1. The van der Waals surface area contributed by atoms with Gasteiger partial charge in [-0.1, -0.05) is 11.2 Å². The zero-order valence-electron chi connectivity index (χ0n) is 10.7. The zero-order chi connectivity index (χ0) is 13.7. The number of pyridine rings is 1. The van der Waals surface area contributed by atoms with Crippen LogP contribution in [0.2, 0.25) is 0 Å². The van der Waals surface area contributed by atoms with E-state index in [0.29, 0.717) is 17.5 Å². The first kappa shape index (κ1) is 13.2. The number of rotatable bonds is 5. The van der Waals surface area contributed by atoms with Crippen molar-refractivity contribution in [3.05, 3.63) is 36.1 Å². The third-order valence-electron chi connectivity index (χ3n) is 2.44. The molecule has 1 amide bonds. The number of aromatic nitrogens is 3. The summed E-state index contributed by atoms with van der Waals surface area (Å²) in [7, 11) is 1.54. The molecule has 0 aliphatic carbocycles. The highest BCUT2D eigenvalue weighted by Gasteiger charge is 2.15. The summed E-state index contributed by atoms with van der Waals surface area (Å²) in [6.07, 6.45) is 1.33. The summed E-state index contributed by atoms with van der Waals surface area (Å²) in [6, 6.07) is 5.26. The molecule has 0 bridgehead atoms. The van der Waals surface area contributed by atoms with Crippen LogP contribution in [0.1, 0.15) is 24.7 Å². The Morgan fingerprint density at radius 3 is 3.05 bits per heavy atom. The number of methoxy groups -OCH3 is 1. The lowest BCUT2D eigenvalue weighted by Gasteiger charge is -2.01. The predicted molar refractivity (Wildman–Crippen MR) is 66.3 cm³/mol. The summed E-state index contributed by atoms with van der Waals surface area (Å²) >= 11 is 0. The number of nitrogens with one attached hydrogen (secondary N) is 1. The highest BCUT2D eigenvalue weighted by atomic mass is 16.5. The average Bonchev–Trinajstić information content (AvgIpc) is 2.87. The molecule has 0 aliphatic rings. The smallest absolute Gasteiger partial charge is 0.255 e. The van der Waals surface area contributed by atoms with Crippen LogP contribution in [0.5, 0.6) is 0 Å². The predicted octanol–water partition coefficient (Wildman–Crippen LogP) is 1.35. The highest BCUT2D eigenvalue weighted by Crippen LogP contribution is 2.13. The van der Waals surface area contributed by atoms with Gasteiger partial charge in [-0.2, -0.15) is 4.98 Å². The van der Waals surface area contributed by atoms with Crippen LogP contribution in [0.25, 0.3) is 0 Å². The van der Waals surface area contributed by atoms with Crippen LogP contribution in [-0.2, 0) is 16.0 Å². The Labute approximate surface area is 110 Å². The Morgan fingerprint density at radius 2 is 2.37 bits per heavy atom. The van der Waals surface area contributed by atoms with Gasteiger partial charge in [-0.05, 0) is 19.1 Å². The summed E-state index contributed by atoms with van der Waals surface area (Å²) in [5, 5.41) is 6.36. The molecule has 2 aromatic heterocycles. The average molecular weight is 262 g/mol. The second-order valence-corrected chi connectivity index (χ2v) is 3.87. The van der Waals surface area contributed by atoms with Gasteiger partial charge in [0.05, 0.1) is 6.42 Å². The maximum absolute atomic E-state index is 11.7. The molecule has 0 aliphatic heterocycles. The number of amides is 1. The standard InChI is InChI=1S/C12H14N4O3/c1-8(18-2)12-15-10(16-19-12)7-11(17)14-9-5-3-4-6-13-9/h3-6,8H,7H2,1-2H3,(H,13,14,17). The molecule has 0 saturated carbocycles. The minimum Gasteiger partial charge on any atom is -0.372 e. The van der Waals surface area contributed by atoms with E-state index in [-0.39, 0.29) is 18.4 Å². The number of hydrogen-bond acceptors (Lipinski definition) is 6. The molecule has 0 saturated heterocycles. The fraction of sp³-hybridized carbons (Fsp3) is 0.333. The Hall–Kier alpha value is -2.28. The first-order valence-electron chi connectivity index (χ1n) is 5.75. The van der Waals surface area contributed by atoms with Crippen molar-refractivity contribution in [2.45, 2.75) is 19.4 Å². The maximum atomic E-state index is 11.7. The third kappa shape index (κ3) is 3.59. The molecule has 7 heteroatoms. The molecular formula is C12H14N4O3. The molecule has 0 fully saturated rings. The van der Waals surface area contributed by atoms with Crippen LogP contribution >= 0.6 is 0 Å². The first-order valence-corrected chi connectivity index (χ1v) is 5.75. The van der Waals surface area contributed by atoms with Crippen molar-refractivity contribution < 1.29 is 14.1 Å². The monoisotopic (exact) mass is 262 g/mol. The van der Waals surface area contributed by atoms with Crippen molar-refractivity contribution >= 4 is 11.7 Å². The Balaban J connectivity index is 1.94. The SMILES string of the molecule is COC(C)c1nc(CC(=O)Nc2ccccn2)no1. The van der Waals surface area contributed by atoms with E-state index in [9.17, 15) is 4.79 Å². The number of ether oxygens (including phenoxy) is 1. The van der Waals surface area contributed by atoms with Crippen molar-refractivity contribution in [1.29, 1.82) is 0 Å². The lowest BCUT2D eigenvalue weighted by atomic mass is 10.3. The van der Waals surface area contributed by atoms with E-state index in [2.05, 4.69) is 20.4 Å². The largest absolute Gasteiger partial charge is 0.372 e. The molecule has 100 valence electrons. The Kier molecular flexibility index (Phi) is 4.19. The number of anilines is 1. The molecule has 2 aromatic rings. The molecule has 1 N–H and O–H groups in total. The minimum atomic E-state index is -0.292. The van der Waals surface area contributed by atoms with E-state index in [1.807, 2.05) is 0 Å². The molecule has 2 rings (SSSR count). The number of hydrogen-bond donors (Lipinski definition) is 1. The molecule has 7 nitrogen and oxygen atoms in total. The summed E-state index contributed by atoms with van der Waals surface area (Å²) in [5.41, 5.74) is 0.